The van der Waals surface area contributed by atoms with Gasteiger partial charge in [0, 0.05) is 11.3 Å². The lowest BCUT2D eigenvalue weighted by molar-refractivity contribution is 0.526. The van der Waals surface area contributed by atoms with Gasteiger partial charge in [-0.25, -0.2) is 0 Å². The van der Waals surface area contributed by atoms with Crippen molar-refractivity contribution in [1.29, 1.82) is 0 Å². The van der Waals surface area contributed by atoms with E-state index in [0.29, 0.717) is 0 Å². The Kier molecular flexibility index (Phi) is 3.06. The van der Waals surface area contributed by atoms with Gasteiger partial charge in [0.25, 0.3) is 5.56 Å². The van der Waals surface area contributed by atoms with Gasteiger partial charge in [-0.1, -0.05) is 13.8 Å². The molecule has 1 aromatic heterocycles. The van der Waals surface area contributed by atoms with E-state index in [1.807, 2.05) is 0 Å². The van der Waals surface area contributed by atoms with Crippen LogP contribution in [-0.4, -0.2) is 20.8 Å². The van der Waals surface area contributed by atoms with Gasteiger partial charge in [0.15, 0.2) is 0 Å². The molecule has 0 spiro atoms. The van der Waals surface area contributed by atoms with Gasteiger partial charge in [0.2, 0.25) is 5.16 Å². The zero-order valence-corrected chi connectivity index (χ0v) is 9.51. The van der Waals surface area contributed by atoms with Crippen molar-refractivity contribution in [3.8, 4) is 0 Å². The molecular weight excluding hydrogens is 224 g/mol. The van der Waals surface area contributed by atoms with E-state index in [0.717, 1.165) is 4.68 Å². The summed E-state index contributed by atoms with van der Waals surface area (Å²) in [6.45, 7) is 3.59. The van der Waals surface area contributed by atoms with E-state index in [9.17, 15) is 4.79 Å². The van der Waals surface area contributed by atoms with E-state index in [-0.39, 0.29) is 16.7 Å². The third-order valence-corrected chi connectivity index (χ3v) is 2.82. The van der Waals surface area contributed by atoms with Crippen LogP contribution >= 0.6 is 24.2 Å². The number of hydrogen-bond acceptors (Lipinski definition) is 5. The van der Waals surface area contributed by atoms with Gasteiger partial charge in [-0.2, -0.15) is 4.68 Å². The number of aromatic nitrogens is 3. The Hall–Kier alpha value is -0.750. The van der Waals surface area contributed by atoms with Crippen LogP contribution in [0.5, 0.6) is 0 Å². The van der Waals surface area contributed by atoms with Gasteiger partial charge in [-0.3, -0.25) is 4.79 Å². The van der Waals surface area contributed by atoms with Gasteiger partial charge in [0.1, 0.15) is 5.69 Å². The summed E-state index contributed by atoms with van der Waals surface area (Å²) >= 11 is 9.59. The van der Waals surface area contributed by atoms with Crippen LogP contribution in [-0.2, 0) is 5.41 Å². The molecule has 0 aliphatic heterocycles. The first kappa shape index (κ1) is 11.3. The lowest BCUT2D eigenvalue weighted by Crippen LogP contribution is -2.39. The lowest BCUT2D eigenvalue weighted by Gasteiger charge is -2.19. The zero-order valence-electron chi connectivity index (χ0n) is 7.86. The minimum atomic E-state index is -0.547. The summed E-state index contributed by atoms with van der Waals surface area (Å²) in [5.74, 6) is 5.68. The van der Waals surface area contributed by atoms with Gasteiger partial charge < -0.3 is 5.84 Å². The molecule has 1 aromatic rings. The Morgan fingerprint density at radius 1 is 1.57 bits per heavy atom. The number of hydrogen-bond donors (Lipinski definition) is 2. The first-order chi connectivity index (χ1) is 6.40. The van der Waals surface area contributed by atoms with Crippen LogP contribution in [0.1, 0.15) is 19.5 Å². The van der Waals surface area contributed by atoms with E-state index in [4.69, 9.17) is 17.4 Å². The number of nitrogens with two attached hydrogens (primary N) is 1. The number of nitrogen functional groups attached to an aromatic ring is 1. The second-order valence-corrected chi connectivity index (χ2v) is 4.21. The maximum Gasteiger partial charge on any atom is 0.295 e. The fourth-order valence-electron chi connectivity index (χ4n) is 0.879. The average molecular weight is 235 g/mol. The van der Waals surface area contributed by atoms with Crippen LogP contribution in [0.4, 0.5) is 0 Å². The van der Waals surface area contributed by atoms with Crippen molar-refractivity contribution in [2.75, 3.05) is 11.7 Å². The minimum absolute atomic E-state index is 0.0733. The Labute approximate surface area is 91.7 Å². The van der Waals surface area contributed by atoms with Crippen LogP contribution < -0.4 is 11.4 Å². The Morgan fingerprint density at radius 3 is 2.64 bits per heavy atom. The second kappa shape index (κ2) is 3.78. The van der Waals surface area contributed by atoms with E-state index in [2.05, 4.69) is 22.8 Å². The van der Waals surface area contributed by atoms with Gasteiger partial charge in [0.05, 0.1) is 0 Å². The normalized spacial score (nSPS) is 11.7. The first-order valence-electron chi connectivity index (χ1n) is 3.90. The minimum Gasteiger partial charge on any atom is -0.334 e. The zero-order chi connectivity index (χ0) is 10.9. The van der Waals surface area contributed by atoms with Crippen LogP contribution in [0, 0.1) is 0 Å². The van der Waals surface area contributed by atoms with Crippen molar-refractivity contribution in [1.82, 2.24) is 14.9 Å². The number of thiol groups is 1. The molecule has 0 fully saturated rings. The molecule has 78 valence electrons. The molecule has 1 rings (SSSR count). The number of rotatable bonds is 2. The second-order valence-electron chi connectivity index (χ2n) is 3.54. The molecule has 14 heavy (non-hydrogen) atoms. The smallest absolute Gasteiger partial charge is 0.295 e. The quantitative estimate of drug-likeness (QED) is 0.434. The molecule has 0 saturated heterocycles. The summed E-state index contributed by atoms with van der Waals surface area (Å²) < 4.78 is 0.847. The summed E-state index contributed by atoms with van der Waals surface area (Å²) in [5.41, 5.74) is -0.725. The van der Waals surface area contributed by atoms with Crippen LogP contribution in [0.15, 0.2) is 9.95 Å². The molecule has 0 bridgehead atoms. The van der Waals surface area contributed by atoms with E-state index < -0.39 is 11.0 Å². The van der Waals surface area contributed by atoms with Crippen molar-refractivity contribution >= 4 is 24.2 Å². The van der Waals surface area contributed by atoms with Crippen molar-refractivity contribution in [2.45, 2.75) is 24.4 Å². The van der Waals surface area contributed by atoms with Crippen molar-refractivity contribution < 1.29 is 0 Å². The molecule has 7 heteroatoms. The third-order valence-electron chi connectivity index (χ3n) is 1.85. The molecule has 0 saturated carbocycles. The summed E-state index contributed by atoms with van der Waals surface area (Å²) in [6, 6.07) is 0. The lowest BCUT2D eigenvalue weighted by atomic mass is 9.92. The van der Waals surface area contributed by atoms with Crippen LogP contribution in [0.25, 0.3) is 0 Å². The van der Waals surface area contributed by atoms with E-state index in [1.54, 1.807) is 13.8 Å². The summed E-state index contributed by atoms with van der Waals surface area (Å²) in [4.78, 5) is 11.6. The molecule has 2 N–H and O–H groups in total. The van der Waals surface area contributed by atoms with Gasteiger partial charge >= 0.3 is 0 Å². The monoisotopic (exact) mass is 234 g/mol. The molecule has 1 heterocycles. The number of halogens is 1. The highest BCUT2D eigenvalue weighted by Crippen LogP contribution is 2.18. The summed E-state index contributed by atoms with van der Waals surface area (Å²) in [7, 11) is 0. The largest absolute Gasteiger partial charge is 0.334 e. The van der Waals surface area contributed by atoms with Crippen molar-refractivity contribution in [3.63, 3.8) is 0 Å². The highest BCUT2D eigenvalue weighted by Gasteiger charge is 2.26. The fraction of sp³-hybridized carbons (Fsp3) is 0.571. The fourth-order valence-corrected chi connectivity index (χ4v) is 1.14. The summed E-state index contributed by atoms with van der Waals surface area (Å²) in [6.07, 6.45) is 0. The molecule has 0 radical (unpaired) electrons. The van der Waals surface area contributed by atoms with E-state index in [1.165, 1.54) is 0 Å². The van der Waals surface area contributed by atoms with Crippen molar-refractivity contribution in [2.24, 2.45) is 0 Å². The topological polar surface area (TPSA) is 73.8 Å². The number of alkyl halides is 1. The SMILES string of the molecule is CC(C)(CCl)c1nnc(S)n(N)c1=O. The predicted molar refractivity (Wildman–Crippen MR) is 57.4 cm³/mol. The predicted octanol–water partition coefficient (Wildman–Crippen LogP) is 0.157. The third kappa shape index (κ3) is 1.85. The van der Waals surface area contributed by atoms with Crippen LogP contribution in [0.3, 0.4) is 0 Å². The Balaban J connectivity index is 3.39. The molecule has 0 aliphatic carbocycles. The maximum atomic E-state index is 11.6. The van der Waals surface area contributed by atoms with Crippen molar-refractivity contribution in [3.05, 3.63) is 16.0 Å². The van der Waals surface area contributed by atoms with Gasteiger partial charge in [-0.05, 0) is 0 Å². The molecule has 0 atom stereocenters. The summed E-state index contributed by atoms with van der Waals surface area (Å²) in [5, 5.41) is 7.48. The molecular formula is C7H11ClN4OS. The molecule has 0 unspecified atom stereocenters. The standard InChI is InChI=1S/C7H11ClN4OS/c1-7(2,3-8)4-5(13)12(9)6(14)11-10-4/h3,9H2,1-2H3,(H,11,14). The maximum absolute atomic E-state index is 11.6. The number of nitrogens with zero attached hydrogens (tertiary/aromatic N) is 3. The highest BCUT2D eigenvalue weighted by atomic mass is 35.5. The van der Waals surface area contributed by atoms with E-state index >= 15 is 0 Å². The molecule has 0 aromatic carbocycles. The van der Waals surface area contributed by atoms with Crippen LogP contribution in [0.2, 0.25) is 0 Å². The molecule has 0 amide bonds. The molecule has 0 aliphatic rings. The highest BCUT2D eigenvalue weighted by molar-refractivity contribution is 7.80. The average Bonchev–Trinajstić information content (AvgIpc) is 2.14. The Bertz CT molecular complexity index is 403. The van der Waals surface area contributed by atoms with Gasteiger partial charge in [-0.15, -0.1) is 34.4 Å². The molecule has 5 nitrogen and oxygen atoms in total. The first-order valence-corrected chi connectivity index (χ1v) is 4.88. The Morgan fingerprint density at radius 2 is 2.14 bits per heavy atom.